The molecule has 0 aliphatic heterocycles. The summed E-state index contributed by atoms with van der Waals surface area (Å²) in [5.74, 6) is -0.647. The Bertz CT molecular complexity index is 1230. The van der Waals surface area contributed by atoms with Gasteiger partial charge in [-0.15, -0.1) is 21.5 Å². The normalized spacial score (nSPS) is 12.7. The second-order valence-corrected chi connectivity index (χ2v) is 9.83. The molecule has 1 aliphatic carbocycles. The number of nitrogens with one attached hydrogen (secondary N) is 1. The third kappa shape index (κ3) is 5.40. The van der Waals surface area contributed by atoms with E-state index in [2.05, 4.69) is 20.9 Å². The van der Waals surface area contributed by atoms with E-state index >= 15 is 0 Å². The van der Waals surface area contributed by atoms with Crippen LogP contribution in [0, 0.1) is 0 Å². The number of thiophene rings is 1. The van der Waals surface area contributed by atoms with Gasteiger partial charge in [0, 0.05) is 28.1 Å². The van der Waals surface area contributed by atoms with Crippen LogP contribution in [0.25, 0.3) is 11.4 Å². The molecular weight excluding hydrogens is 488 g/mol. The number of carbonyl (C=O) groups is 3. The van der Waals surface area contributed by atoms with Crippen LogP contribution in [0.2, 0.25) is 0 Å². The molecule has 0 bridgehead atoms. The number of hydrogen-bond donors (Lipinski definition) is 1. The van der Waals surface area contributed by atoms with E-state index in [9.17, 15) is 14.4 Å². The van der Waals surface area contributed by atoms with Gasteiger partial charge in [-0.2, -0.15) is 0 Å². The first-order chi connectivity index (χ1) is 16.9. The summed E-state index contributed by atoms with van der Waals surface area (Å²) in [4.78, 5) is 38.1. The van der Waals surface area contributed by atoms with Crippen LogP contribution in [-0.2, 0) is 33.7 Å². The van der Waals surface area contributed by atoms with Crippen molar-refractivity contribution in [2.75, 3.05) is 25.3 Å². The third-order valence-electron chi connectivity index (χ3n) is 5.73. The van der Waals surface area contributed by atoms with Crippen LogP contribution >= 0.6 is 23.1 Å². The summed E-state index contributed by atoms with van der Waals surface area (Å²) in [7, 11) is 2.48. The molecule has 1 amide bonds. The number of aryl methyl sites for hydroxylation is 1. The van der Waals surface area contributed by atoms with Crippen molar-refractivity contribution in [3.05, 3.63) is 45.1 Å². The Morgan fingerprint density at radius 3 is 2.40 bits per heavy atom. The molecule has 1 aliphatic rings. The van der Waals surface area contributed by atoms with Gasteiger partial charge in [0.25, 0.3) is 0 Å². The number of thioether (sulfide) groups is 1. The lowest BCUT2D eigenvalue weighted by molar-refractivity contribution is -0.113. The Hall–Kier alpha value is -3.18. The fraction of sp³-hybridized carbons (Fsp3) is 0.375. The van der Waals surface area contributed by atoms with Gasteiger partial charge in [0.2, 0.25) is 5.91 Å². The Morgan fingerprint density at radius 1 is 1.06 bits per heavy atom. The van der Waals surface area contributed by atoms with Crippen molar-refractivity contribution in [1.29, 1.82) is 0 Å². The second kappa shape index (κ2) is 11.0. The molecule has 3 aromatic rings. The second-order valence-electron chi connectivity index (χ2n) is 7.93. The van der Waals surface area contributed by atoms with Crippen LogP contribution < -0.4 is 5.32 Å². The van der Waals surface area contributed by atoms with Crippen LogP contribution in [0.15, 0.2) is 28.7 Å². The third-order valence-corrected chi connectivity index (χ3v) is 7.78. The highest BCUT2D eigenvalue weighted by Gasteiger charge is 2.22. The Morgan fingerprint density at radius 2 is 1.74 bits per heavy atom. The van der Waals surface area contributed by atoms with E-state index in [0.717, 1.165) is 24.2 Å². The van der Waals surface area contributed by atoms with Gasteiger partial charge in [0.15, 0.2) is 11.0 Å². The Balaban J connectivity index is 1.48. The van der Waals surface area contributed by atoms with Crippen molar-refractivity contribution in [2.45, 2.75) is 44.3 Å². The van der Waals surface area contributed by atoms with Crippen molar-refractivity contribution in [3.8, 4) is 11.4 Å². The van der Waals surface area contributed by atoms with Gasteiger partial charge in [-0.3, -0.25) is 4.79 Å². The number of ether oxygens (including phenoxy) is 2. The van der Waals surface area contributed by atoms with Crippen molar-refractivity contribution >= 4 is 46.6 Å². The number of anilines is 1. The van der Waals surface area contributed by atoms with Crippen molar-refractivity contribution in [2.24, 2.45) is 0 Å². The summed E-state index contributed by atoms with van der Waals surface area (Å²) in [6.45, 7) is 2.71. The van der Waals surface area contributed by atoms with E-state index in [1.54, 1.807) is 11.3 Å². The van der Waals surface area contributed by atoms with Gasteiger partial charge >= 0.3 is 11.9 Å². The van der Waals surface area contributed by atoms with Crippen molar-refractivity contribution in [3.63, 3.8) is 0 Å². The Kier molecular flexibility index (Phi) is 7.86. The molecule has 0 radical (unpaired) electrons. The maximum absolute atomic E-state index is 12.7. The number of esters is 2. The van der Waals surface area contributed by atoms with Crippen molar-refractivity contribution < 1.29 is 23.9 Å². The lowest BCUT2D eigenvalue weighted by Gasteiger charge is -2.13. The Labute approximate surface area is 211 Å². The molecule has 1 N–H and O–H groups in total. The predicted octanol–water partition coefficient (Wildman–Crippen LogP) is 4.21. The summed E-state index contributed by atoms with van der Waals surface area (Å²) < 4.78 is 11.5. The van der Waals surface area contributed by atoms with Gasteiger partial charge in [-0.25, -0.2) is 9.59 Å². The van der Waals surface area contributed by atoms with Crippen LogP contribution in [0.4, 0.5) is 5.69 Å². The number of hydrogen-bond acceptors (Lipinski definition) is 9. The molecule has 2 heterocycles. The fourth-order valence-electron chi connectivity index (χ4n) is 4.06. The molecule has 11 heteroatoms. The largest absolute Gasteiger partial charge is 0.465 e. The van der Waals surface area contributed by atoms with E-state index in [1.807, 2.05) is 11.5 Å². The standard InChI is InChI=1S/C24H26N4O5S2/c1-4-28-21(18-12-34-19-8-6-5-7-17(18)19)26-27-24(28)35-13-20(29)25-16-10-14(22(30)32-2)9-15(11-16)23(31)33-3/h9-12H,4-8,13H2,1-3H3,(H,25,29). The molecular formula is C24H26N4O5S2. The minimum Gasteiger partial charge on any atom is -0.465 e. The number of fused-ring (bicyclic) bond motifs is 1. The van der Waals surface area contributed by atoms with Gasteiger partial charge in [-0.05, 0) is 56.4 Å². The predicted molar refractivity (Wildman–Crippen MR) is 134 cm³/mol. The molecule has 9 nitrogen and oxygen atoms in total. The zero-order valence-corrected chi connectivity index (χ0v) is 21.4. The molecule has 0 saturated carbocycles. The zero-order chi connectivity index (χ0) is 24.9. The molecule has 2 aromatic heterocycles. The highest BCUT2D eigenvalue weighted by atomic mass is 32.2. The van der Waals surface area contributed by atoms with E-state index in [4.69, 9.17) is 9.47 Å². The van der Waals surface area contributed by atoms with Crippen molar-refractivity contribution in [1.82, 2.24) is 14.8 Å². The van der Waals surface area contributed by atoms with Crippen LogP contribution in [-0.4, -0.2) is 52.6 Å². The minimum atomic E-state index is -0.625. The first kappa shape index (κ1) is 24.9. The number of aromatic nitrogens is 3. The maximum atomic E-state index is 12.7. The average molecular weight is 515 g/mol. The number of methoxy groups -OCH3 is 2. The monoisotopic (exact) mass is 514 g/mol. The number of rotatable bonds is 8. The lowest BCUT2D eigenvalue weighted by atomic mass is 9.96. The molecule has 0 saturated heterocycles. The number of carbonyl (C=O) groups excluding carboxylic acids is 3. The minimum absolute atomic E-state index is 0.0793. The van der Waals surface area contributed by atoms with Gasteiger partial charge in [0.1, 0.15) is 0 Å². The van der Waals surface area contributed by atoms with E-state index in [0.29, 0.717) is 17.4 Å². The van der Waals surface area contributed by atoms with E-state index in [-0.39, 0.29) is 22.8 Å². The van der Waals surface area contributed by atoms with E-state index in [1.165, 1.54) is 67.5 Å². The van der Waals surface area contributed by atoms with Gasteiger partial charge in [0.05, 0.1) is 31.1 Å². The summed E-state index contributed by atoms with van der Waals surface area (Å²) in [6.07, 6.45) is 4.60. The average Bonchev–Trinajstić information content (AvgIpc) is 3.49. The maximum Gasteiger partial charge on any atom is 0.337 e. The number of benzene rings is 1. The van der Waals surface area contributed by atoms with E-state index < -0.39 is 11.9 Å². The highest BCUT2D eigenvalue weighted by Crippen LogP contribution is 2.36. The molecule has 4 rings (SSSR count). The summed E-state index contributed by atoms with van der Waals surface area (Å²) >= 11 is 3.07. The molecule has 0 spiro atoms. The molecule has 184 valence electrons. The number of amides is 1. The summed E-state index contributed by atoms with van der Waals surface area (Å²) in [6, 6.07) is 4.26. The number of nitrogens with zero attached hydrogens (tertiary/aromatic N) is 3. The molecule has 1 aromatic carbocycles. The fourth-order valence-corrected chi connectivity index (χ4v) is 5.99. The molecule has 0 unspecified atom stereocenters. The van der Waals surface area contributed by atoms with Crippen LogP contribution in [0.1, 0.15) is 50.9 Å². The first-order valence-electron chi connectivity index (χ1n) is 11.2. The van der Waals surface area contributed by atoms with Crippen LogP contribution in [0.5, 0.6) is 0 Å². The smallest absolute Gasteiger partial charge is 0.337 e. The van der Waals surface area contributed by atoms with Crippen LogP contribution in [0.3, 0.4) is 0 Å². The summed E-state index contributed by atoms with van der Waals surface area (Å²) in [5.41, 5.74) is 3.08. The molecule has 35 heavy (non-hydrogen) atoms. The highest BCUT2D eigenvalue weighted by molar-refractivity contribution is 7.99. The first-order valence-corrected chi connectivity index (χ1v) is 13.1. The quantitative estimate of drug-likeness (QED) is 0.351. The summed E-state index contributed by atoms with van der Waals surface area (Å²) in [5, 5.41) is 14.3. The van der Waals surface area contributed by atoms with Gasteiger partial charge < -0.3 is 19.4 Å². The molecule has 0 fully saturated rings. The topological polar surface area (TPSA) is 112 Å². The lowest BCUT2D eigenvalue weighted by Crippen LogP contribution is -2.16. The zero-order valence-electron chi connectivity index (χ0n) is 19.8. The SMILES string of the molecule is CCn1c(SCC(=O)Nc2cc(C(=O)OC)cc(C(=O)OC)c2)nnc1-c1csc2c1CCCC2. The molecule has 0 atom stereocenters. The van der Waals surface area contributed by atoms with Gasteiger partial charge in [-0.1, -0.05) is 11.8 Å².